The molecule has 1 aliphatic rings. The third-order valence-electron chi connectivity index (χ3n) is 3.63. The van der Waals surface area contributed by atoms with Gasteiger partial charge in [0.2, 0.25) is 5.91 Å². The van der Waals surface area contributed by atoms with Crippen molar-refractivity contribution in [1.82, 2.24) is 0 Å². The van der Waals surface area contributed by atoms with E-state index in [1.54, 1.807) is 18.2 Å². The van der Waals surface area contributed by atoms with E-state index in [0.29, 0.717) is 15.7 Å². The Morgan fingerprint density at radius 3 is 2.05 bits per heavy atom. The lowest BCUT2D eigenvalue weighted by molar-refractivity contribution is -0.119. The number of hydrogen-bond acceptors (Lipinski definition) is 1. The lowest BCUT2D eigenvalue weighted by atomic mass is 10.1. The number of anilines is 1. The molecular formula is C16H13Cl2NO. The molecule has 2 aromatic carbocycles. The first-order chi connectivity index (χ1) is 9.65. The highest BCUT2D eigenvalue weighted by atomic mass is 35.5. The van der Waals surface area contributed by atoms with Crippen LogP contribution in [0.5, 0.6) is 0 Å². The van der Waals surface area contributed by atoms with Gasteiger partial charge in [0, 0.05) is 5.92 Å². The third kappa shape index (κ3) is 2.54. The molecule has 4 heteroatoms. The van der Waals surface area contributed by atoms with E-state index in [2.05, 4.69) is 17.4 Å². The average molecular weight is 306 g/mol. The van der Waals surface area contributed by atoms with Crippen molar-refractivity contribution < 1.29 is 4.79 Å². The normalized spacial score (nSPS) is 14.1. The second kappa shape index (κ2) is 5.47. The minimum Gasteiger partial charge on any atom is -0.323 e. The first-order valence-electron chi connectivity index (χ1n) is 6.47. The van der Waals surface area contributed by atoms with Crippen LogP contribution < -0.4 is 5.32 Å². The van der Waals surface area contributed by atoms with Gasteiger partial charge in [-0.2, -0.15) is 0 Å². The number of rotatable bonds is 2. The Kier molecular flexibility index (Phi) is 3.68. The maximum atomic E-state index is 12.4. The summed E-state index contributed by atoms with van der Waals surface area (Å²) in [5.74, 6) is -0.0871. The Bertz CT molecular complexity index is 624. The number of carbonyl (C=O) groups is 1. The van der Waals surface area contributed by atoms with Gasteiger partial charge in [-0.15, -0.1) is 0 Å². The zero-order chi connectivity index (χ0) is 14.1. The lowest BCUT2D eigenvalue weighted by Crippen LogP contribution is -2.23. The van der Waals surface area contributed by atoms with Crippen molar-refractivity contribution in [1.29, 1.82) is 0 Å². The van der Waals surface area contributed by atoms with Crippen molar-refractivity contribution >= 4 is 34.8 Å². The summed E-state index contributed by atoms with van der Waals surface area (Å²) in [5, 5.41) is 3.77. The van der Waals surface area contributed by atoms with E-state index in [-0.39, 0.29) is 11.8 Å². The van der Waals surface area contributed by atoms with Gasteiger partial charge in [-0.05, 0) is 36.1 Å². The molecule has 0 saturated heterocycles. The highest BCUT2D eigenvalue weighted by Gasteiger charge is 2.27. The minimum atomic E-state index is -0.0558. The fourth-order valence-corrected chi connectivity index (χ4v) is 3.08. The molecule has 0 aromatic heterocycles. The monoisotopic (exact) mass is 305 g/mol. The Hall–Kier alpha value is -1.51. The van der Waals surface area contributed by atoms with E-state index in [1.165, 1.54) is 11.1 Å². The predicted octanol–water partition coefficient (Wildman–Crippen LogP) is 4.35. The molecule has 3 rings (SSSR count). The lowest BCUT2D eigenvalue weighted by Gasteiger charge is -2.12. The maximum absolute atomic E-state index is 12.4. The number of amides is 1. The van der Waals surface area contributed by atoms with E-state index in [4.69, 9.17) is 23.2 Å². The molecule has 0 spiro atoms. The van der Waals surface area contributed by atoms with Crippen molar-refractivity contribution in [2.75, 3.05) is 5.32 Å². The van der Waals surface area contributed by atoms with Gasteiger partial charge in [0.05, 0.1) is 15.7 Å². The summed E-state index contributed by atoms with van der Waals surface area (Å²) in [6.07, 6.45) is 1.54. The van der Waals surface area contributed by atoms with Gasteiger partial charge in [-0.25, -0.2) is 0 Å². The molecule has 1 N–H and O–H groups in total. The van der Waals surface area contributed by atoms with E-state index in [9.17, 15) is 4.79 Å². The van der Waals surface area contributed by atoms with Gasteiger partial charge in [0.15, 0.2) is 0 Å². The van der Waals surface area contributed by atoms with Gasteiger partial charge in [0.1, 0.15) is 0 Å². The molecule has 0 unspecified atom stereocenters. The second-order valence-corrected chi connectivity index (χ2v) is 5.77. The number of halogens is 2. The zero-order valence-electron chi connectivity index (χ0n) is 10.7. The first kappa shape index (κ1) is 13.5. The van der Waals surface area contributed by atoms with E-state index >= 15 is 0 Å². The van der Waals surface area contributed by atoms with Crippen LogP contribution in [0.3, 0.4) is 0 Å². The molecule has 0 fully saturated rings. The largest absolute Gasteiger partial charge is 0.323 e. The first-order valence-corrected chi connectivity index (χ1v) is 7.22. The summed E-state index contributed by atoms with van der Waals surface area (Å²) in [4.78, 5) is 12.4. The molecule has 102 valence electrons. The zero-order valence-corrected chi connectivity index (χ0v) is 12.2. The molecule has 20 heavy (non-hydrogen) atoms. The summed E-state index contributed by atoms with van der Waals surface area (Å²) in [6, 6.07) is 13.3. The van der Waals surface area contributed by atoms with Crippen LogP contribution in [-0.2, 0) is 17.6 Å². The van der Waals surface area contributed by atoms with Crippen LogP contribution in [0, 0.1) is 5.92 Å². The number of nitrogens with one attached hydrogen (secondary N) is 1. The highest BCUT2D eigenvalue weighted by molar-refractivity contribution is 6.39. The molecule has 0 radical (unpaired) electrons. The van der Waals surface area contributed by atoms with Crippen LogP contribution in [-0.4, -0.2) is 5.91 Å². The summed E-state index contributed by atoms with van der Waals surface area (Å²) in [7, 11) is 0. The molecule has 0 heterocycles. The molecule has 0 saturated carbocycles. The number of para-hydroxylation sites is 1. The van der Waals surface area contributed by atoms with Crippen molar-refractivity contribution in [3.05, 3.63) is 63.6 Å². The van der Waals surface area contributed by atoms with Crippen LogP contribution in [0.15, 0.2) is 42.5 Å². The average Bonchev–Trinajstić information content (AvgIpc) is 2.87. The molecule has 0 aliphatic heterocycles. The van der Waals surface area contributed by atoms with Gasteiger partial charge >= 0.3 is 0 Å². The third-order valence-corrected chi connectivity index (χ3v) is 4.26. The molecule has 2 aromatic rings. The molecule has 2 nitrogen and oxygen atoms in total. The van der Waals surface area contributed by atoms with Crippen molar-refractivity contribution in [3.63, 3.8) is 0 Å². The predicted molar refractivity (Wildman–Crippen MR) is 82.4 cm³/mol. The van der Waals surface area contributed by atoms with Crippen molar-refractivity contribution in [2.24, 2.45) is 5.92 Å². The summed E-state index contributed by atoms with van der Waals surface area (Å²) in [6.45, 7) is 0. The topological polar surface area (TPSA) is 29.1 Å². The van der Waals surface area contributed by atoms with Crippen molar-refractivity contribution in [2.45, 2.75) is 12.8 Å². The van der Waals surface area contributed by atoms with Crippen LogP contribution in [0.2, 0.25) is 10.0 Å². The Morgan fingerprint density at radius 2 is 1.50 bits per heavy atom. The quantitative estimate of drug-likeness (QED) is 0.878. The number of fused-ring (bicyclic) bond motifs is 1. The van der Waals surface area contributed by atoms with E-state index < -0.39 is 0 Å². The Balaban J connectivity index is 1.76. The molecular weight excluding hydrogens is 293 g/mol. The van der Waals surface area contributed by atoms with Gasteiger partial charge in [-0.3, -0.25) is 4.79 Å². The molecule has 1 amide bonds. The molecule has 0 atom stereocenters. The van der Waals surface area contributed by atoms with Crippen LogP contribution in [0.1, 0.15) is 11.1 Å². The van der Waals surface area contributed by atoms with Crippen molar-refractivity contribution in [3.8, 4) is 0 Å². The summed E-state index contributed by atoms with van der Waals surface area (Å²) < 4.78 is 0. The second-order valence-electron chi connectivity index (χ2n) is 4.96. The smallest absolute Gasteiger partial charge is 0.228 e. The standard InChI is InChI=1S/C16H13Cl2NO/c17-13-6-3-7-14(18)15(13)19-16(20)12-8-10-4-1-2-5-11(10)9-12/h1-7,12H,8-9H2,(H,19,20). The summed E-state index contributed by atoms with van der Waals surface area (Å²) in [5.41, 5.74) is 2.99. The highest BCUT2D eigenvalue weighted by Crippen LogP contribution is 2.32. The van der Waals surface area contributed by atoms with Gasteiger partial charge in [-0.1, -0.05) is 53.5 Å². The fourth-order valence-electron chi connectivity index (χ4n) is 2.59. The fraction of sp³-hybridized carbons (Fsp3) is 0.188. The number of hydrogen-bond donors (Lipinski definition) is 1. The SMILES string of the molecule is O=C(Nc1c(Cl)cccc1Cl)C1Cc2ccccc2C1. The summed E-state index contributed by atoms with van der Waals surface area (Å²) >= 11 is 12.1. The number of carbonyl (C=O) groups excluding carboxylic acids is 1. The van der Waals surface area contributed by atoms with Crippen LogP contribution in [0.25, 0.3) is 0 Å². The minimum absolute atomic E-state index is 0.0313. The Labute approximate surface area is 127 Å². The van der Waals surface area contributed by atoms with E-state index in [0.717, 1.165) is 12.8 Å². The van der Waals surface area contributed by atoms with Gasteiger partial charge < -0.3 is 5.32 Å². The van der Waals surface area contributed by atoms with E-state index in [1.807, 2.05) is 12.1 Å². The van der Waals surface area contributed by atoms with Crippen LogP contribution >= 0.6 is 23.2 Å². The molecule has 0 bridgehead atoms. The molecule has 1 aliphatic carbocycles. The number of benzene rings is 2. The maximum Gasteiger partial charge on any atom is 0.228 e. The van der Waals surface area contributed by atoms with Gasteiger partial charge in [0.25, 0.3) is 0 Å². The Morgan fingerprint density at radius 1 is 0.950 bits per heavy atom. The van der Waals surface area contributed by atoms with Crippen LogP contribution in [0.4, 0.5) is 5.69 Å².